The van der Waals surface area contributed by atoms with Crippen LogP contribution in [0.1, 0.15) is 57.8 Å². The molecule has 66 heteroatoms. The second-order valence-corrected chi connectivity index (χ2v) is 35.8. The van der Waals surface area contributed by atoms with Crippen LogP contribution in [0.4, 0.5) is 224 Å². The van der Waals surface area contributed by atoms with Crippen LogP contribution < -0.4 is 0 Å². The van der Waals surface area contributed by atoms with Gasteiger partial charge in [-0.05, 0) is 111 Å². The number of nitrogens with zero attached hydrogens (tertiary/aromatic N) is 3. The van der Waals surface area contributed by atoms with Crippen molar-refractivity contribution in [1.82, 2.24) is 12.9 Å². The molecular formula is C60H48F51N3O6S6. The van der Waals surface area contributed by atoms with Crippen molar-refractivity contribution < 1.29 is 249 Å². The van der Waals surface area contributed by atoms with Crippen molar-refractivity contribution >= 4 is 65.4 Å². The Bertz CT molecular complexity index is 4070. The Morgan fingerprint density at radius 3 is 0.460 bits per heavy atom. The number of hydrogen-bond donors (Lipinski definition) is 0. The third kappa shape index (κ3) is 19.4. The van der Waals surface area contributed by atoms with Crippen molar-refractivity contribution in [2.45, 2.75) is 230 Å². The second-order valence-electron chi connectivity index (χ2n) is 26.5. The van der Waals surface area contributed by atoms with Crippen molar-refractivity contribution in [3.63, 3.8) is 0 Å². The number of halogens is 51. The molecule has 0 unspecified atom stereocenters. The van der Waals surface area contributed by atoms with Crippen LogP contribution in [0.25, 0.3) is 0 Å². The van der Waals surface area contributed by atoms with Crippen LogP contribution in [-0.2, 0) is 30.1 Å². The van der Waals surface area contributed by atoms with Crippen molar-refractivity contribution in [2.24, 2.45) is 0 Å². The minimum absolute atomic E-state index is 0.284. The Morgan fingerprint density at radius 2 is 0.325 bits per heavy atom. The highest BCUT2D eigenvalue weighted by Crippen LogP contribution is 2.69. The summed E-state index contributed by atoms with van der Waals surface area (Å²) in [4.78, 5) is -4.83. The lowest BCUT2D eigenvalue weighted by Crippen LogP contribution is -2.74. The van der Waals surface area contributed by atoms with Gasteiger partial charge < -0.3 is 0 Å². The maximum absolute atomic E-state index is 14.7. The first-order valence-corrected chi connectivity index (χ1v) is 40.2. The molecule has 0 saturated carbocycles. The standard InChI is InChI=1S/C60H48F51N3O6S6/c61-37(62,40(67,68)43(73,74)46(79,80)49(85,86)52(91,92)55(97,98)58(103,104)105)19-28-121-31-7-13-34(14-8-31)124(115,116)112-22-1-2-23-113(125(117,118)35-15-9-32(10-16-35)122-29-20-38(63,64)41(69,70)44(75,76)47(81,82)50(87,88)53(93,94)56(99,100)59(106,107)108)25-5-6-27-114(26-4-3-24-112)126(119,120)36-17-11-33(12-18-36)123-30-21-39(65,66)42(71,72)45(77,78)48(83,84)51(89,90)54(95,96)57(101,102)60(109,110)111/h7-18H,1-6,19-30H2. The van der Waals surface area contributed by atoms with E-state index in [0.717, 1.165) is 0 Å². The van der Waals surface area contributed by atoms with Crippen LogP contribution in [0.15, 0.2) is 102 Å². The van der Waals surface area contributed by atoms with E-state index in [9.17, 15) is 249 Å². The lowest BCUT2D eigenvalue weighted by molar-refractivity contribution is -0.461. The van der Waals surface area contributed by atoms with E-state index in [1.165, 1.54) is 0 Å². The molecule has 1 fully saturated rings. The van der Waals surface area contributed by atoms with Gasteiger partial charge in [0.15, 0.2) is 0 Å². The average Bonchev–Trinajstić information content (AvgIpc) is 0.702. The number of rotatable bonds is 36. The van der Waals surface area contributed by atoms with E-state index < -0.39 is 317 Å². The van der Waals surface area contributed by atoms with E-state index in [-0.39, 0.29) is 35.3 Å². The SMILES string of the molecule is O=S(=O)(c1ccc(SCCC(F)(F)C(F)(F)C(F)(F)C(F)(F)C(F)(F)C(F)(F)C(F)(F)C(F)(F)F)cc1)N1CCCCN(S(=O)(=O)c2ccc(SCCC(F)(F)C(F)(F)C(F)(F)C(F)(F)C(F)(F)C(F)(F)C(F)(F)C(F)(F)F)cc2)CCCCN(S(=O)(=O)c2ccc(SCCC(F)(F)C(F)(F)C(F)(F)C(F)(F)C(F)(F)C(F)(F)C(F)(F)C(F)(F)F)cc2)CCCC1. The Kier molecular flexibility index (Phi) is 32.4. The molecule has 4 rings (SSSR count). The van der Waals surface area contributed by atoms with Gasteiger partial charge in [0.1, 0.15) is 0 Å². The number of alkyl halides is 51. The van der Waals surface area contributed by atoms with E-state index in [1.807, 2.05) is 0 Å². The van der Waals surface area contributed by atoms with Crippen LogP contribution in [0.5, 0.6) is 0 Å². The largest absolute Gasteiger partial charge is 0.460 e. The summed E-state index contributed by atoms with van der Waals surface area (Å²) in [6.45, 7) is -4.91. The number of hydrogen-bond acceptors (Lipinski definition) is 9. The van der Waals surface area contributed by atoms with E-state index in [4.69, 9.17) is 0 Å². The van der Waals surface area contributed by atoms with Gasteiger partial charge in [-0.15, -0.1) is 35.3 Å². The zero-order valence-electron chi connectivity index (χ0n) is 60.2. The summed E-state index contributed by atoms with van der Waals surface area (Å²) in [5.74, 6) is -182. The van der Waals surface area contributed by atoms with E-state index in [0.29, 0.717) is 85.7 Å². The minimum atomic E-state index is -8.96. The van der Waals surface area contributed by atoms with Gasteiger partial charge in [0, 0.05) is 90.5 Å². The summed E-state index contributed by atoms with van der Waals surface area (Å²) in [5, 5.41) is 0. The van der Waals surface area contributed by atoms with Gasteiger partial charge in [-0.1, -0.05) is 0 Å². The summed E-state index contributed by atoms with van der Waals surface area (Å²) in [5.41, 5.74) is 0. The molecule has 0 radical (unpaired) electrons. The number of thioether (sulfide) groups is 3. The Hall–Kier alpha value is -5.13. The normalized spacial score (nSPS) is 17.6. The molecule has 1 aliphatic rings. The number of sulfonamides is 3. The molecule has 0 bridgehead atoms. The fourth-order valence-corrected chi connectivity index (χ4v) is 17.6. The minimum Gasteiger partial charge on any atom is -0.207 e. The average molecular weight is 2070 g/mol. The van der Waals surface area contributed by atoms with Crippen LogP contribution in [0, 0.1) is 0 Å². The van der Waals surface area contributed by atoms with E-state index >= 15 is 0 Å². The van der Waals surface area contributed by atoms with Gasteiger partial charge in [0.2, 0.25) is 30.1 Å². The highest BCUT2D eigenvalue weighted by atomic mass is 32.2. The van der Waals surface area contributed by atoms with Crippen molar-refractivity contribution in [1.29, 1.82) is 0 Å². The Balaban J connectivity index is 1.69. The fraction of sp³-hybridized carbons (Fsp3) is 0.700. The molecule has 1 aliphatic heterocycles. The lowest BCUT2D eigenvalue weighted by atomic mass is 9.88. The lowest BCUT2D eigenvalue weighted by Gasteiger charge is -2.42. The van der Waals surface area contributed by atoms with Gasteiger partial charge in [0.05, 0.1) is 14.7 Å². The molecule has 3 aromatic rings. The predicted octanol–water partition coefficient (Wildman–Crippen LogP) is 23.9. The Morgan fingerprint density at radius 1 is 0.198 bits per heavy atom. The topological polar surface area (TPSA) is 112 Å². The quantitative estimate of drug-likeness (QED) is 0.0415. The first kappa shape index (κ1) is 113. The predicted molar refractivity (Wildman–Crippen MR) is 331 cm³/mol. The summed E-state index contributed by atoms with van der Waals surface area (Å²) in [6, 6.07) is 6.09. The molecule has 1 heterocycles. The molecule has 9 nitrogen and oxygen atoms in total. The van der Waals surface area contributed by atoms with E-state index in [1.54, 1.807) is 0 Å². The highest BCUT2D eigenvalue weighted by molar-refractivity contribution is 7.99. The molecule has 0 aliphatic carbocycles. The first-order valence-electron chi connectivity index (χ1n) is 32.9. The summed E-state index contributed by atoms with van der Waals surface area (Å²) >= 11 is -0.851. The number of benzene rings is 3. The molecule has 1 saturated heterocycles. The molecular weight excluding hydrogens is 2020 g/mol. The van der Waals surface area contributed by atoms with E-state index in [2.05, 4.69) is 0 Å². The third-order valence-corrected chi connectivity index (χ3v) is 26.8. The first-order chi connectivity index (χ1) is 55.6. The van der Waals surface area contributed by atoms with Gasteiger partial charge in [0.25, 0.3) is 0 Å². The summed E-state index contributed by atoms with van der Waals surface area (Å²) in [6.07, 6.45) is -36.2. The maximum Gasteiger partial charge on any atom is 0.460 e. The molecule has 126 heavy (non-hydrogen) atoms. The van der Waals surface area contributed by atoms with Crippen LogP contribution in [0.2, 0.25) is 0 Å². The van der Waals surface area contributed by atoms with Crippen LogP contribution in [0.3, 0.4) is 0 Å². The fourth-order valence-electron chi connectivity index (χ4n) is 10.3. The monoisotopic (exact) mass is 2070 g/mol. The van der Waals surface area contributed by atoms with Gasteiger partial charge in [-0.3, -0.25) is 0 Å². The maximum atomic E-state index is 14.7. The zero-order chi connectivity index (χ0) is 99.0. The van der Waals surface area contributed by atoms with Crippen LogP contribution in [-0.4, -0.2) is 238 Å². The van der Waals surface area contributed by atoms with Gasteiger partial charge in [-0.25, -0.2) is 25.3 Å². The molecule has 0 N–H and O–H groups in total. The smallest absolute Gasteiger partial charge is 0.207 e. The van der Waals surface area contributed by atoms with Crippen LogP contribution >= 0.6 is 35.3 Å². The summed E-state index contributed by atoms with van der Waals surface area (Å²) < 4.78 is 793. The van der Waals surface area contributed by atoms with Gasteiger partial charge in [-0.2, -0.15) is 237 Å². The van der Waals surface area contributed by atoms with Gasteiger partial charge >= 0.3 is 143 Å². The van der Waals surface area contributed by atoms with Crippen molar-refractivity contribution in [3.05, 3.63) is 72.8 Å². The molecule has 0 atom stereocenters. The van der Waals surface area contributed by atoms with Crippen molar-refractivity contribution in [2.75, 3.05) is 56.5 Å². The second kappa shape index (κ2) is 36.0. The third-order valence-electron chi connectivity index (χ3n) is 18.0. The zero-order valence-corrected chi connectivity index (χ0v) is 65.1. The molecule has 0 amide bonds. The molecule has 0 aromatic heterocycles. The summed E-state index contributed by atoms with van der Waals surface area (Å²) in [7, 11) is -15.4. The highest BCUT2D eigenvalue weighted by Gasteiger charge is 2.99. The molecule has 732 valence electrons. The molecule has 3 aromatic carbocycles. The Labute approximate surface area is 684 Å². The molecule has 0 spiro atoms. The van der Waals surface area contributed by atoms with Crippen molar-refractivity contribution in [3.8, 4) is 0 Å².